The molecule has 1 amide bonds. The number of piperidine rings is 1. The van der Waals surface area contributed by atoms with Crippen molar-refractivity contribution < 1.29 is 4.79 Å². The quantitative estimate of drug-likeness (QED) is 0.898. The van der Waals surface area contributed by atoms with E-state index in [1.165, 1.54) is 0 Å². The zero-order valence-electron chi connectivity index (χ0n) is 14.2. The van der Waals surface area contributed by atoms with Crippen molar-refractivity contribution in [3.05, 3.63) is 16.8 Å². The molecule has 0 aliphatic carbocycles. The van der Waals surface area contributed by atoms with Crippen molar-refractivity contribution >= 4 is 11.7 Å². The maximum Gasteiger partial charge on any atom is 0.219 e. The van der Waals surface area contributed by atoms with Crippen LogP contribution in [0.3, 0.4) is 0 Å². The second kappa shape index (κ2) is 7.91. The summed E-state index contributed by atoms with van der Waals surface area (Å²) in [5.41, 5.74) is 2.54. The van der Waals surface area contributed by atoms with Crippen molar-refractivity contribution in [1.82, 2.24) is 15.5 Å². The van der Waals surface area contributed by atoms with Gasteiger partial charge in [0.05, 0.1) is 5.69 Å². The number of nitrogens with one attached hydrogen (secondary N) is 1. The Labute approximate surface area is 137 Å². The molecule has 6 heteroatoms. The van der Waals surface area contributed by atoms with Crippen molar-refractivity contribution in [1.29, 1.82) is 5.26 Å². The summed E-state index contributed by atoms with van der Waals surface area (Å²) < 4.78 is 0. The standard InChI is InChI=1S/C17H25N5O/c1-4-13-14(10-18)17(21-20-15(13)5-2)22-9-7-8-12(11-22)19-16(23)6-3/h12H,4-9,11H2,1-3H3,(H,19,23). The smallest absolute Gasteiger partial charge is 0.219 e. The number of amides is 1. The summed E-state index contributed by atoms with van der Waals surface area (Å²) >= 11 is 0. The Morgan fingerprint density at radius 1 is 1.35 bits per heavy atom. The molecule has 1 aliphatic heterocycles. The van der Waals surface area contributed by atoms with Gasteiger partial charge in [-0.2, -0.15) is 10.4 Å². The first kappa shape index (κ1) is 17.2. The van der Waals surface area contributed by atoms with E-state index in [1.54, 1.807) is 0 Å². The molecule has 1 fully saturated rings. The summed E-state index contributed by atoms with van der Waals surface area (Å²) in [6.07, 6.45) is 3.98. The number of aromatic nitrogens is 2. The summed E-state index contributed by atoms with van der Waals surface area (Å²) in [5, 5.41) is 21.3. The fraction of sp³-hybridized carbons (Fsp3) is 0.647. The molecule has 124 valence electrons. The van der Waals surface area contributed by atoms with Crippen molar-refractivity contribution in [2.24, 2.45) is 0 Å². The second-order valence-corrected chi connectivity index (χ2v) is 5.85. The molecule has 0 spiro atoms. The summed E-state index contributed by atoms with van der Waals surface area (Å²) in [6, 6.07) is 2.43. The van der Waals surface area contributed by atoms with E-state index in [0.717, 1.165) is 43.5 Å². The van der Waals surface area contributed by atoms with E-state index >= 15 is 0 Å². The number of carbonyl (C=O) groups is 1. The summed E-state index contributed by atoms with van der Waals surface area (Å²) in [7, 11) is 0. The molecule has 1 aromatic heterocycles. The highest BCUT2D eigenvalue weighted by Crippen LogP contribution is 2.25. The Hall–Kier alpha value is -2.16. The highest BCUT2D eigenvalue weighted by atomic mass is 16.1. The molecule has 1 aromatic rings. The second-order valence-electron chi connectivity index (χ2n) is 5.85. The average molecular weight is 315 g/mol. The van der Waals surface area contributed by atoms with Crippen molar-refractivity contribution in [3.63, 3.8) is 0 Å². The van der Waals surface area contributed by atoms with Crippen LogP contribution in [0.15, 0.2) is 0 Å². The zero-order valence-corrected chi connectivity index (χ0v) is 14.2. The third kappa shape index (κ3) is 3.79. The zero-order chi connectivity index (χ0) is 16.8. The molecule has 0 saturated carbocycles. The minimum absolute atomic E-state index is 0.0685. The maximum atomic E-state index is 11.6. The Morgan fingerprint density at radius 3 is 2.74 bits per heavy atom. The van der Waals surface area contributed by atoms with Crippen LogP contribution < -0.4 is 10.2 Å². The molecular weight excluding hydrogens is 290 g/mol. The van der Waals surface area contributed by atoms with Crippen LogP contribution in [0.2, 0.25) is 0 Å². The lowest BCUT2D eigenvalue weighted by atomic mass is 10.0. The number of carbonyl (C=O) groups excluding carboxylic acids is 1. The lowest BCUT2D eigenvalue weighted by molar-refractivity contribution is -0.121. The van der Waals surface area contributed by atoms with Gasteiger partial charge < -0.3 is 10.2 Å². The van der Waals surface area contributed by atoms with Gasteiger partial charge in [0.2, 0.25) is 5.91 Å². The van der Waals surface area contributed by atoms with Crippen LogP contribution >= 0.6 is 0 Å². The summed E-state index contributed by atoms with van der Waals surface area (Å²) in [5.74, 6) is 0.732. The molecule has 2 rings (SSSR count). The predicted molar refractivity (Wildman–Crippen MR) is 89.2 cm³/mol. The molecule has 0 radical (unpaired) electrons. The third-order valence-electron chi connectivity index (χ3n) is 4.35. The highest BCUT2D eigenvalue weighted by molar-refractivity contribution is 5.76. The SMILES string of the molecule is CCC(=O)NC1CCCN(c2nnc(CC)c(CC)c2C#N)C1. The first-order valence-corrected chi connectivity index (χ1v) is 8.47. The molecule has 23 heavy (non-hydrogen) atoms. The molecule has 0 bridgehead atoms. The molecule has 1 aliphatic rings. The van der Waals surface area contributed by atoms with E-state index in [1.807, 2.05) is 20.8 Å². The Morgan fingerprint density at radius 2 is 2.13 bits per heavy atom. The normalized spacial score (nSPS) is 17.7. The largest absolute Gasteiger partial charge is 0.352 e. The van der Waals surface area contributed by atoms with Gasteiger partial charge in [-0.3, -0.25) is 4.79 Å². The van der Waals surface area contributed by atoms with Gasteiger partial charge in [-0.25, -0.2) is 0 Å². The molecule has 1 unspecified atom stereocenters. The highest BCUT2D eigenvalue weighted by Gasteiger charge is 2.25. The first-order chi connectivity index (χ1) is 11.1. The lowest BCUT2D eigenvalue weighted by Crippen LogP contribution is -2.48. The van der Waals surface area contributed by atoms with Crippen LogP contribution in [0.1, 0.15) is 56.9 Å². The van der Waals surface area contributed by atoms with Gasteiger partial charge in [-0.15, -0.1) is 5.10 Å². The number of nitriles is 1. The number of rotatable bonds is 5. The topological polar surface area (TPSA) is 81.9 Å². The Bertz CT molecular complexity index is 608. The minimum Gasteiger partial charge on any atom is -0.352 e. The number of hydrogen-bond donors (Lipinski definition) is 1. The molecule has 1 saturated heterocycles. The van der Waals surface area contributed by atoms with Crippen LogP contribution in [0, 0.1) is 11.3 Å². The average Bonchev–Trinajstić information content (AvgIpc) is 2.60. The van der Waals surface area contributed by atoms with Crippen LogP contribution in [-0.2, 0) is 17.6 Å². The van der Waals surface area contributed by atoms with Crippen molar-refractivity contribution in [2.45, 2.75) is 58.9 Å². The number of aryl methyl sites for hydroxylation is 1. The molecule has 0 aromatic carbocycles. The molecule has 6 nitrogen and oxygen atoms in total. The predicted octanol–water partition coefficient (Wildman–Crippen LogP) is 1.97. The van der Waals surface area contributed by atoms with E-state index in [9.17, 15) is 10.1 Å². The van der Waals surface area contributed by atoms with E-state index in [-0.39, 0.29) is 11.9 Å². The van der Waals surface area contributed by atoms with E-state index in [2.05, 4.69) is 26.5 Å². The minimum atomic E-state index is 0.0685. The fourth-order valence-corrected chi connectivity index (χ4v) is 3.12. The van der Waals surface area contributed by atoms with Gasteiger partial charge in [0, 0.05) is 25.6 Å². The number of anilines is 1. The van der Waals surface area contributed by atoms with E-state index < -0.39 is 0 Å². The van der Waals surface area contributed by atoms with Gasteiger partial charge in [0.1, 0.15) is 11.6 Å². The van der Waals surface area contributed by atoms with Crippen LogP contribution in [0.25, 0.3) is 0 Å². The van der Waals surface area contributed by atoms with Crippen molar-refractivity contribution in [2.75, 3.05) is 18.0 Å². The number of nitrogens with zero attached hydrogens (tertiary/aromatic N) is 4. The van der Waals surface area contributed by atoms with E-state index in [0.29, 0.717) is 24.3 Å². The van der Waals surface area contributed by atoms with Crippen LogP contribution in [0.4, 0.5) is 5.82 Å². The van der Waals surface area contributed by atoms with Gasteiger partial charge >= 0.3 is 0 Å². The molecule has 1 N–H and O–H groups in total. The molecular formula is C17H25N5O. The molecule has 1 atom stereocenters. The van der Waals surface area contributed by atoms with Gasteiger partial charge in [-0.1, -0.05) is 20.8 Å². The van der Waals surface area contributed by atoms with Crippen LogP contribution in [-0.4, -0.2) is 35.2 Å². The Balaban J connectivity index is 2.27. The summed E-state index contributed by atoms with van der Waals surface area (Å²) in [6.45, 7) is 7.45. The van der Waals surface area contributed by atoms with Crippen LogP contribution in [0.5, 0.6) is 0 Å². The Kier molecular flexibility index (Phi) is 5.91. The monoisotopic (exact) mass is 315 g/mol. The number of hydrogen-bond acceptors (Lipinski definition) is 5. The van der Waals surface area contributed by atoms with Gasteiger partial charge in [-0.05, 0) is 31.2 Å². The molecule has 2 heterocycles. The lowest BCUT2D eigenvalue weighted by Gasteiger charge is -2.34. The summed E-state index contributed by atoms with van der Waals surface area (Å²) in [4.78, 5) is 13.7. The third-order valence-corrected chi connectivity index (χ3v) is 4.35. The first-order valence-electron chi connectivity index (χ1n) is 8.47. The van der Waals surface area contributed by atoms with Gasteiger partial charge in [0.15, 0.2) is 5.82 Å². The fourth-order valence-electron chi connectivity index (χ4n) is 3.12. The van der Waals surface area contributed by atoms with Crippen molar-refractivity contribution in [3.8, 4) is 6.07 Å². The van der Waals surface area contributed by atoms with Gasteiger partial charge in [0.25, 0.3) is 0 Å². The van der Waals surface area contributed by atoms with E-state index in [4.69, 9.17) is 0 Å². The maximum absolute atomic E-state index is 11.6.